The highest BCUT2D eigenvalue weighted by atomic mass is 127. The molecule has 0 radical (unpaired) electrons. The predicted molar refractivity (Wildman–Crippen MR) is 68.6 cm³/mol. The molecule has 1 rings (SSSR count). The Bertz CT molecular complexity index is 461. The van der Waals surface area contributed by atoms with Crippen molar-refractivity contribution in [2.75, 3.05) is 5.75 Å². The number of aliphatic hydroxyl groups is 1. The average molecular weight is 358 g/mol. The second-order valence-corrected chi connectivity index (χ2v) is 7.90. The third-order valence-electron chi connectivity index (χ3n) is 2.18. The first-order valence-electron chi connectivity index (χ1n) is 4.67. The highest BCUT2D eigenvalue weighted by Crippen LogP contribution is 2.27. The van der Waals surface area contributed by atoms with E-state index in [1.807, 2.05) is 0 Å². The van der Waals surface area contributed by atoms with Gasteiger partial charge in [-0.2, -0.15) is 0 Å². The number of hydrogen-bond donors (Lipinski definition) is 1. The monoisotopic (exact) mass is 358 g/mol. The summed E-state index contributed by atoms with van der Waals surface area (Å²) < 4.78 is 35.0. The molecule has 6 heteroatoms. The lowest BCUT2D eigenvalue weighted by molar-refractivity contribution is 0.196. The van der Waals surface area contributed by atoms with Gasteiger partial charge in [-0.25, -0.2) is 12.8 Å². The second-order valence-electron chi connectivity index (χ2n) is 3.30. The normalized spacial score (nSPS) is 15.8. The maximum Gasteiger partial charge on any atom is 0.164 e. The van der Waals surface area contributed by atoms with Crippen LogP contribution < -0.4 is 0 Å². The molecule has 0 saturated heterocycles. The van der Waals surface area contributed by atoms with Crippen LogP contribution in [-0.2, 0) is 9.84 Å². The summed E-state index contributed by atoms with van der Waals surface area (Å²) in [4.78, 5) is 0. The average Bonchev–Trinajstić information content (AvgIpc) is 2.27. The van der Waals surface area contributed by atoms with Crippen molar-refractivity contribution >= 4 is 32.4 Å². The van der Waals surface area contributed by atoms with Crippen LogP contribution in [0.15, 0.2) is 24.3 Å². The summed E-state index contributed by atoms with van der Waals surface area (Å²) in [6.45, 7) is 1.51. The Balaban J connectivity index is 2.99. The molecular weight excluding hydrogens is 346 g/mol. The van der Waals surface area contributed by atoms with Gasteiger partial charge in [0.05, 0.1) is 0 Å². The molecule has 0 aromatic heterocycles. The molecule has 0 unspecified atom stereocenters. The fourth-order valence-corrected chi connectivity index (χ4v) is 3.56. The van der Waals surface area contributed by atoms with Gasteiger partial charge < -0.3 is 5.11 Å². The molecule has 0 spiro atoms. The first-order valence-corrected chi connectivity index (χ1v) is 7.63. The van der Waals surface area contributed by atoms with Crippen molar-refractivity contribution in [1.29, 1.82) is 0 Å². The summed E-state index contributed by atoms with van der Waals surface area (Å²) in [5.74, 6) is -0.540. The number of benzene rings is 1. The van der Waals surface area contributed by atoms with Gasteiger partial charge in [0, 0.05) is 5.75 Å². The smallest absolute Gasteiger partial charge is 0.164 e. The highest BCUT2D eigenvalue weighted by molar-refractivity contribution is 14.1. The van der Waals surface area contributed by atoms with Crippen LogP contribution in [0, 0.1) is 5.82 Å². The maximum absolute atomic E-state index is 12.9. The second kappa shape index (κ2) is 5.42. The first-order chi connectivity index (χ1) is 7.38. The lowest BCUT2D eigenvalue weighted by Crippen LogP contribution is -2.24. The summed E-state index contributed by atoms with van der Waals surface area (Å²) in [6.07, 6.45) is -1.21. The molecule has 0 aliphatic carbocycles. The fourth-order valence-electron chi connectivity index (χ4n) is 1.20. The molecule has 0 fully saturated rings. The van der Waals surface area contributed by atoms with Crippen LogP contribution >= 0.6 is 22.6 Å². The van der Waals surface area contributed by atoms with Gasteiger partial charge in [0.2, 0.25) is 0 Å². The van der Waals surface area contributed by atoms with Crippen LogP contribution in [0.5, 0.6) is 0 Å². The van der Waals surface area contributed by atoms with E-state index < -0.39 is 25.0 Å². The topological polar surface area (TPSA) is 54.4 Å². The van der Waals surface area contributed by atoms with Crippen LogP contribution in [0.25, 0.3) is 0 Å². The van der Waals surface area contributed by atoms with Gasteiger partial charge in [-0.05, 0) is 17.7 Å². The molecule has 0 aliphatic heterocycles. The lowest BCUT2D eigenvalue weighted by atomic mass is 10.1. The Morgan fingerprint density at radius 2 is 2.12 bits per heavy atom. The van der Waals surface area contributed by atoms with Gasteiger partial charge in [-0.1, -0.05) is 41.6 Å². The van der Waals surface area contributed by atoms with E-state index in [0.29, 0.717) is 0 Å². The van der Waals surface area contributed by atoms with Gasteiger partial charge in [-0.15, -0.1) is 0 Å². The number of rotatable bonds is 4. The van der Waals surface area contributed by atoms with Crippen LogP contribution in [0.3, 0.4) is 0 Å². The molecule has 0 amide bonds. The number of sulfone groups is 1. The summed E-state index contributed by atoms with van der Waals surface area (Å²) >= 11 is 1.67. The fraction of sp³-hybridized carbons (Fsp3) is 0.400. The highest BCUT2D eigenvalue weighted by Gasteiger charge is 2.29. The largest absolute Gasteiger partial charge is 0.386 e. The molecule has 90 valence electrons. The van der Waals surface area contributed by atoms with E-state index in [4.69, 9.17) is 0 Å². The van der Waals surface area contributed by atoms with E-state index in [1.165, 1.54) is 25.1 Å². The molecule has 0 saturated carbocycles. The maximum atomic E-state index is 12.9. The van der Waals surface area contributed by atoms with Crippen molar-refractivity contribution in [2.45, 2.75) is 16.3 Å². The number of hydrogen-bond acceptors (Lipinski definition) is 3. The van der Waals surface area contributed by atoms with Crippen LogP contribution in [0.1, 0.15) is 18.6 Å². The quantitative estimate of drug-likeness (QED) is 0.662. The van der Waals surface area contributed by atoms with Crippen molar-refractivity contribution in [3.63, 3.8) is 0 Å². The molecule has 16 heavy (non-hydrogen) atoms. The Morgan fingerprint density at radius 1 is 1.50 bits per heavy atom. The molecule has 0 bridgehead atoms. The summed E-state index contributed by atoms with van der Waals surface area (Å²) in [6, 6.07) is 5.33. The minimum absolute atomic E-state index is 0.0486. The minimum atomic E-state index is -3.34. The van der Waals surface area contributed by atoms with Gasteiger partial charge >= 0.3 is 0 Å². The summed E-state index contributed by atoms with van der Waals surface area (Å²) in [5, 5.41) is 9.83. The van der Waals surface area contributed by atoms with Crippen LogP contribution in [0.2, 0.25) is 0 Å². The van der Waals surface area contributed by atoms with Gasteiger partial charge in [-0.3, -0.25) is 0 Å². The zero-order valence-electron chi connectivity index (χ0n) is 8.60. The van der Waals surface area contributed by atoms with E-state index in [2.05, 4.69) is 0 Å². The van der Waals surface area contributed by atoms with Gasteiger partial charge in [0.1, 0.15) is 15.2 Å². The van der Waals surface area contributed by atoms with Gasteiger partial charge in [0.15, 0.2) is 9.84 Å². The molecule has 0 heterocycles. The molecule has 1 aromatic rings. The molecule has 1 N–H and O–H groups in total. The number of halogens is 2. The first kappa shape index (κ1) is 13.9. The zero-order valence-corrected chi connectivity index (χ0v) is 11.6. The van der Waals surface area contributed by atoms with E-state index in [0.717, 1.165) is 6.07 Å². The molecular formula is C10H12FIO3S. The van der Waals surface area contributed by atoms with Crippen molar-refractivity contribution in [1.82, 2.24) is 0 Å². The molecule has 2 atom stereocenters. The van der Waals surface area contributed by atoms with Crippen LogP contribution in [-0.4, -0.2) is 22.5 Å². The number of aliphatic hydroxyl groups excluding tert-OH is 1. The lowest BCUT2D eigenvalue weighted by Gasteiger charge is -2.17. The molecule has 0 aliphatic rings. The Kier molecular flexibility index (Phi) is 4.69. The molecule has 1 aromatic carbocycles. The summed E-state index contributed by atoms with van der Waals surface area (Å²) in [7, 11) is -3.34. The van der Waals surface area contributed by atoms with Crippen molar-refractivity contribution < 1.29 is 17.9 Å². The Morgan fingerprint density at radius 3 is 2.62 bits per heavy atom. The van der Waals surface area contributed by atoms with Gasteiger partial charge in [0.25, 0.3) is 0 Å². The summed E-state index contributed by atoms with van der Waals surface area (Å²) in [5.41, 5.74) is 0.274. The third kappa shape index (κ3) is 3.14. The minimum Gasteiger partial charge on any atom is -0.386 e. The predicted octanol–water partition coefficient (Wildman–Crippen LogP) is 2.05. The molecule has 3 nitrogen and oxygen atoms in total. The number of alkyl halides is 1. The van der Waals surface area contributed by atoms with E-state index in [1.54, 1.807) is 22.6 Å². The van der Waals surface area contributed by atoms with E-state index >= 15 is 0 Å². The third-order valence-corrected chi connectivity index (χ3v) is 6.94. The van der Waals surface area contributed by atoms with E-state index in [-0.39, 0.29) is 11.3 Å². The standard InChI is InChI=1S/C10H12FIO3S/c1-2-16(14,15)10(12)9(13)7-4-3-5-8(11)6-7/h3-6,9-10,13H,2H2,1H3/t9-,10+/m1/s1. The Labute approximate surface area is 108 Å². The van der Waals surface area contributed by atoms with E-state index in [9.17, 15) is 17.9 Å². The van der Waals surface area contributed by atoms with Crippen molar-refractivity contribution in [2.24, 2.45) is 0 Å². The SMILES string of the molecule is CCS(=O)(=O)[C@H](I)[C@H](O)c1cccc(F)c1. The Hall–Kier alpha value is -0.210. The van der Waals surface area contributed by atoms with Crippen molar-refractivity contribution in [3.05, 3.63) is 35.6 Å². The zero-order chi connectivity index (χ0) is 12.3. The van der Waals surface area contributed by atoms with Crippen LogP contribution in [0.4, 0.5) is 4.39 Å². The van der Waals surface area contributed by atoms with Crippen molar-refractivity contribution in [3.8, 4) is 0 Å².